The lowest BCUT2D eigenvalue weighted by Gasteiger charge is -2.15. The van der Waals surface area contributed by atoms with Crippen molar-refractivity contribution in [2.45, 2.75) is 15.1 Å². The molecule has 1 aliphatic rings. The molecule has 0 N–H and O–H groups in total. The molecule has 1 aliphatic carbocycles. The van der Waals surface area contributed by atoms with Gasteiger partial charge in [0.05, 0.1) is 0 Å². The van der Waals surface area contributed by atoms with Crippen LogP contribution >= 0.6 is 34.2 Å². The van der Waals surface area contributed by atoms with Gasteiger partial charge in [-0.05, 0) is 35.4 Å². The van der Waals surface area contributed by atoms with E-state index in [0.29, 0.717) is 0 Å². The molecular formula is C6H8ClIO3S. The molecule has 1 atom stereocenters. The molecule has 0 aliphatic heterocycles. The van der Waals surface area contributed by atoms with Gasteiger partial charge in [0.2, 0.25) is 0 Å². The molecule has 0 saturated heterocycles. The summed E-state index contributed by atoms with van der Waals surface area (Å²) in [5, 5.41) is 0. The Bertz CT molecular complexity index is 305. The molecule has 0 aromatic carbocycles. The average molecular weight is 323 g/mol. The first-order valence-electron chi connectivity index (χ1n) is 3.38. The third kappa shape index (κ3) is 1.93. The number of halogens is 2. The Morgan fingerprint density at radius 3 is 2.25 bits per heavy atom. The molecule has 0 aromatic heterocycles. The number of carbonyl (C=O) groups is 1. The second-order valence-electron chi connectivity index (χ2n) is 2.93. The zero-order valence-corrected chi connectivity index (χ0v) is 10.1. The Labute approximate surface area is 89.9 Å². The van der Waals surface area contributed by atoms with E-state index in [0.717, 1.165) is 19.1 Å². The highest BCUT2D eigenvalue weighted by Gasteiger charge is 2.49. The molecular weight excluding hydrogens is 314 g/mol. The molecule has 1 rings (SSSR count). The van der Waals surface area contributed by atoms with Gasteiger partial charge in [0.25, 0.3) is 2.21 Å². The van der Waals surface area contributed by atoms with E-state index < -0.39 is 12.1 Å². The molecule has 3 nitrogen and oxygen atoms in total. The summed E-state index contributed by atoms with van der Waals surface area (Å²) in [6.45, 7) is 0. The zero-order chi connectivity index (χ0) is 9.57. The van der Waals surface area contributed by atoms with Crippen molar-refractivity contribution in [3.05, 3.63) is 0 Å². The van der Waals surface area contributed by atoms with Crippen LogP contribution in [-0.4, -0.2) is 22.7 Å². The molecule has 0 amide bonds. The fourth-order valence-electron chi connectivity index (χ4n) is 0.766. The van der Waals surface area contributed by atoms with Crippen LogP contribution < -0.4 is 0 Å². The average Bonchev–Trinajstić information content (AvgIpc) is 2.64. The number of Topliss-reactive ketones (excluding diaryl/α,β-unsaturated/α-hetero) is 1. The number of carbonyl (C=O) groups excluding carboxylic acids is 1. The van der Waals surface area contributed by atoms with Crippen molar-refractivity contribution in [3.8, 4) is 0 Å². The smallest absolute Gasteiger partial charge is 0.252 e. The quantitative estimate of drug-likeness (QED) is 0.582. The van der Waals surface area contributed by atoms with Crippen LogP contribution in [-0.2, 0) is 14.6 Å². The van der Waals surface area contributed by atoms with Gasteiger partial charge in [0.1, 0.15) is 0 Å². The summed E-state index contributed by atoms with van der Waals surface area (Å²) in [6.07, 6.45) is 2.52. The Morgan fingerprint density at radius 1 is 1.58 bits per heavy atom. The van der Waals surface area contributed by atoms with E-state index in [-0.39, 0.29) is 11.7 Å². The minimum absolute atomic E-state index is 0.130. The summed E-state index contributed by atoms with van der Waals surface area (Å²) in [6, 6.07) is 0. The van der Waals surface area contributed by atoms with Crippen molar-refractivity contribution in [2.24, 2.45) is 5.92 Å². The van der Waals surface area contributed by atoms with Gasteiger partial charge >= 0.3 is 0 Å². The Morgan fingerprint density at radius 2 is 2.00 bits per heavy atom. The summed E-state index contributed by atoms with van der Waals surface area (Å²) >= 11 is 7.14. The van der Waals surface area contributed by atoms with E-state index in [1.807, 2.05) is 0 Å². The molecule has 0 aromatic rings. The van der Waals surface area contributed by atoms with Gasteiger partial charge < -0.3 is 0 Å². The lowest BCUT2D eigenvalue weighted by atomic mass is 10.3. The maximum atomic E-state index is 11.4. The van der Waals surface area contributed by atoms with Crippen LogP contribution in [0.2, 0.25) is 0 Å². The Hall–Kier alpha value is 0.640. The molecule has 1 fully saturated rings. The molecule has 0 bridgehead atoms. The first-order valence-corrected chi connectivity index (χ1v) is 6.73. The highest BCUT2D eigenvalue weighted by Crippen LogP contribution is 2.42. The van der Waals surface area contributed by atoms with Crippen LogP contribution in [0, 0.1) is 5.92 Å². The standard InChI is InChI=1S/C6H8ClIO3S/c1-12(10,11)6(7,8)5(9)4-2-3-4/h4H,2-3H2,1H3. The van der Waals surface area contributed by atoms with Crippen molar-refractivity contribution in [1.82, 2.24) is 0 Å². The van der Waals surface area contributed by atoms with Crippen LogP contribution in [0.15, 0.2) is 0 Å². The Kier molecular flexibility index (Phi) is 2.76. The molecule has 12 heavy (non-hydrogen) atoms. The van der Waals surface area contributed by atoms with Crippen molar-refractivity contribution in [3.63, 3.8) is 0 Å². The topological polar surface area (TPSA) is 51.2 Å². The first-order chi connectivity index (χ1) is 5.27. The predicted octanol–water partition coefficient (Wildman–Crippen LogP) is 1.34. The Balaban J connectivity index is 2.91. The molecule has 1 saturated carbocycles. The van der Waals surface area contributed by atoms with E-state index in [9.17, 15) is 13.2 Å². The van der Waals surface area contributed by atoms with E-state index >= 15 is 0 Å². The third-order valence-electron chi connectivity index (χ3n) is 1.70. The fraction of sp³-hybridized carbons (Fsp3) is 0.833. The van der Waals surface area contributed by atoms with Gasteiger partial charge in [-0.15, -0.1) is 0 Å². The molecule has 0 heterocycles. The molecule has 0 spiro atoms. The van der Waals surface area contributed by atoms with E-state index in [2.05, 4.69) is 0 Å². The highest BCUT2D eigenvalue weighted by atomic mass is 127. The molecule has 0 radical (unpaired) electrons. The second-order valence-corrected chi connectivity index (χ2v) is 8.86. The maximum Gasteiger partial charge on any atom is 0.252 e. The predicted molar refractivity (Wildman–Crippen MR) is 55.2 cm³/mol. The first kappa shape index (κ1) is 10.7. The highest BCUT2D eigenvalue weighted by molar-refractivity contribution is 14.1. The SMILES string of the molecule is CS(=O)(=O)C(Cl)(I)C(=O)C1CC1. The maximum absolute atomic E-state index is 11.4. The number of sulfone groups is 1. The van der Waals surface area contributed by atoms with Crippen LogP contribution in [0.1, 0.15) is 12.8 Å². The van der Waals surface area contributed by atoms with Crippen molar-refractivity contribution in [1.29, 1.82) is 0 Å². The van der Waals surface area contributed by atoms with Crippen LogP contribution in [0.5, 0.6) is 0 Å². The number of rotatable bonds is 3. The molecule has 6 heteroatoms. The normalized spacial score (nSPS) is 23.2. The van der Waals surface area contributed by atoms with E-state index in [1.165, 1.54) is 22.6 Å². The van der Waals surface area contributed by atoms with Gasteiger partial charge in [-0.2, -0.15) is 0 Å². The largest absolute Gasteiger partial charge is 0.295 e. The monoisotopic (exact) mass is 322 g/mol. The zero-order valence-electron chi connectivity index (χ0n) is 6.38. The summed E-state index contributed by atoms with van der Waals surface area (Å²) in [5.74, 6) is -0.499. The number of hydrogen-bond donors (Lipinski definition) is 0. The van der Waals surface area contributed by atoms with Crippen LogP contribution in [0.3, 0.4) is 0 Å². The van der Waals surface area contributed by atoms with Gasteiger partial charge in [-0.3, -0.25) is 4.79 Å². The van der Waals surface area contributed by atoms with Crippen molar-refractivity contribution < 1.29 is 13.2 Å². The molecule has 70 valence electrons. The lowest BCUT2D eigenvalue weighted by molar-refractivity contribution is -0.118. The van der Waals surface area contributed by atoms with Gasteiger partial charge in [0, 0.05) is 12.2 Å². The summed E-state index contributed by atoms with van der Waals surface area (Å²) in [4.78, 5) is 11.4. The number of hydrogen-bond acceptors (Lipinski definition) is 3. The number of alkyl halides is 2. The molecule has 1 unspecified atom stereocenters. The minimum atomic E-state index is -3.50. The van der Waals surface area contributed by atoms with Crippen molar-refractivity contribution in [2.75, 3.05) is 6.26 Å². The summed E-state index contributed by atoms with van der Waals surface area (Å²) in [7, 11) is -3.50. The summed E-state index contributed by atoms with van der Waals surface area (Å²) in [5.41, 5.74) is 0. The van der Waals surface area contributed by atoms with Crippen LogP contribution in [0.4, 0.5) is 0 Å². The van der Waals surface area contributed by atoms with Crippen molar-refractivity contribution >= 4 is 49.8 Å². The third-order valence-corrected chi connectivity index (χ3v) is 6.79. The van der Waals surface area contributed by atoms with E-state index in [1.54, 1.807) is 0 Å². The fourth-order valence-corrected chi connectivity index (χ4v) is 1.89. The number of ketones is 1. The lowest BCUT2D eigenvalue weighted by Crippen LogP contribution is -2.35. The van der Waals surface area contributed by atoms with Gasteiger partial charge in [-0.1, -0.05) is 11.6 Å². The van der Waals surface area contributed by atoms with Crippen LogP contribution in [0.25, 0.3) is 0 Å². The van der Waals surface area contributed by atoms with Gasteiger partial charge in [-0.25, -0.2) is 8.42 Å². The van der Waals surface area contributed by atoms with E-state index in [4.69, 9.17) is 11.6 Å². The summed E-state index contributed by atoms with van der Waals surface area (Å²) < 4.78 is 20.4. The van der Waals surface area contributed by atoms with Gasteiger partial charge in [0.15, 0.2) is 15.6 Å². The minimum Gasteiger partial charge on any atom is -0.295 e. The second kappa shape index (κ2) is 3.09.